The third-order valence-corrected chi connectivity index (χ3v) is 5.23. The minimum absolute atomic E-state index is 0.250. The second-order valence-corrected chi connectivity index (χ2v) is 7.00. The van der Waals surface area contributed by atoms with Gasteiger partial charge >= 0.3 is 0 Å². The molecule has 1 aliphatic rings. The standard InChI is InChI=1S/C22H30N4O/c1-4-7-13-20(27)26-15-14-19-18(16-26)22(25(5-2)6-3)24-21(23-19)17-11-9-8-10-12-17/h8-12H,4-7,13-16H2,1-3H3. The summed E-state index contributed by atoms with van der Waals surface area (Å²) in [5, 5.41) is 0. The fraction of sp³-hybridized carbons (Fsp3) is 0.500. The van der Waals surface area contributed by atoms with Gasteiger partial charge in [-0.25, -0.2) is 9.97 Å². The number of nitrogens with zero attached hydrogens (tertiary/aromatic N) is 4. The maximum atomic E-state index is 12.5. The monoisotopic (exact) mass is 366 g/mol. The van der Waals surface area contributed by atoms with E-state index in [2.05, 4.69) is 37.8 Å². The fourth-order valence-corrected chi connectivity index (χ4v) is 3.60. The molecule has 1 aromatic heterocycles. The van der Waals surface area contributed by atoms with Gasteiger partial charge in [0.1, 0.15) is 5.82 Å². The van der Waals surface area contributed by atoms with Crippen LogP contribution in [0.2, 0.25) is 0 Å². The molecular formula is C22H30N4O. The summed E-state index contributed by atoms with van der Waals surface area (Å²) in [5.41, 5.74) is 3.25. The Bertz CT molecular complexity index is 771. The lowest BCUT2D eigenvalue weighted by Crippen LogP contribution is -2.38. The second kappa shape index (κ2) is 8.98. The van der Waals surface area contributed by atoms with Crippen molar-refractivity contribution in [1.82, 2.24) is 14.9 Å². The minimum Gasteiger partial charge on any atom is -0.357 e. The van der Waals surface area contributed by atoms with Crippen molar-refractivity contribution in [2.45, 2.75) is 53.0 Å². The molecule has 0 saturated heterocycles. The van der Waals surface area contributed by atoms with Crippen LogP contribution in [0.1, 0.15) is 51.3 Å². The van der Waals surface area contributed by atoms with Gasteiger partial charge in [0.2, 0.25) is 5.91 Å². The van der Waals surface area contributed by atoms with Gasteiger partial charge < -0.3 is 9.80 Å². The van der Waals surface area contributed by atoms with Crippen LogP contribution in [0.3, 0.4) is 0 Å². The molecule has 0 unspecified atom stereocenters. The van der Waals surface area contributed by atoms with Crippen molar-refractivity contribution in [1.29, 1.82) is 0 Å². The molecular weight excluding hydrogens is 336 g/mol. The third-order valence-electron chi connectivity index (χ3n) is 5.23. The summed E-state index contributed by atoms with van der Waals surface area (Å²) >= 11 is 0. The van der Waals surface area contributed by atoms with Gasteiger partial charge in [0.05, 0.1) is 12.2 Å². The van der Waals surface area contributed by atoms with E-state index in [0.29, 0.717) is 13.0 Å². The van der Waals surface area contributed by atoms with Crippen molar-refractivity contribution in [3.63, 3.8) is 0 Å². The van der Waals surface area contributed by atoms with Crippen LogP contribution in [0.5, 0.6) is 0 Å². The minimum atomic E-state index is 0.250. The SMILES string of the molecule is CCCCC(=O)N1CCc2nc(-c3ccccc3)nc(N(CC)CC)c2C1. The molecule has 2 heterocycles. The van der Waals surface area contributed by atoms with E-state index in [1.807, 2.05) is 23.1 Å². The lowest BCUT2D eigenvalue weighted by Gasteiger charge is -2.32. The summed E-state index contributed by atoms with van der Waals surface area (Å²) in [5.74, 6) is 2.01. The Morgan fingerprint density at radius 2 is 1.85 bits per heavy atom. The molecule has 0 atom stereocenters. The van der Waals surface area contributed by atoms with Crippen molar-refractivity contribution in [3.8, 4) is 11.4 Å². The van der Waals surface area contributed by atoms with E-state index in [1.165, 1.54) is 0 Å². The zero-order chi connectivity index (χ0) is 19.2. The lowest BCUT2D eigenvalue weighted by atomic mass is 10.0. The molecule has 1 aromatic carbocycles. The van der Waals surface area contributed by atoms with Crippen molar-refractivity contribution in [2.75, 3.05) is 24.5 Å². The molecule has 3 rings (SSSR count). The van der Waals surface area contributed by atoms with Gasteiger partial charge in [-0.2, -0.15) is 0 Å². The van der Waals surface area contributed by atoms with Gasteiger partial charge in [-0.15, -0.1) is 0 Å². The number of aromatic nitrogens is 2. The highest BCUT2D eigenvalue weighted by atomic mass is 16.2. The Balaban J connectivity index is 1.98. The first-order valence-electron chi connectivity index (χ1n) is 10.2. The van der Waals surface area contributed by atoms with E-state index < -0.39 is 0 Å². The molecule has 0 fully saturated rings. The van der Waals surface area contributed by atoms with Gasteiger partial charge in [-0.05, 0) is 20.3 Å². The van der Waals surface area contributed by atoms with Gasteiger partial charge in [0.25, 0.3) is 0 Å². The number of rotatable bonds is 7. The molecule has 0 radical (unpaired) electrons. The maximum Gasteiger partial charge on any atom is 0.222 e. The van der Waals surface area contributed by atoms with Gasteiger partial charge in [-0.3, -0.25) is 4.79 Å². The molecule has 0 N–H and O–H groups in total. The van der Waals surface area contributed by atoms with E-state index in [4.69, 9.17) is 9.97 Å². The van der Waals surface area contributed by atoms with Gasteiger partial charge in [0.15, 0.2) is 5.82 Å². The van der Waals surface area contributed by atoms with Crippen LogP contribution in [0.4, 0.5) is 5.82 Å². The molecule has 5 nitrogen and oxygen atoms in total. The van der Waals surface area contributed by atoms with Crippen molar-refractivity contribution < 1.29 is 4.79 Å². The van der Waals surface area contributed by atoms with Crippen molar-refractivity contribution in [2.24, 2.45) is 0 Å². The average molecular weight is 367 g/mol. The van der Waals surface area contributed by atoms with E-state index in [9.17, 15) is 4.79 Å². The lowest BCUT2D eigenvalue weighted by molar-refractivity contribution is -0.132. The molecule has 0 aliphatic carbocycles. The number of benzene rings is 1. The zero-order valence-corrected chi connectivity index (χ0v) is 16.7. The molecule has 1 aliphatic heterocycles. The summed E-state index contributed by atoms with van der Waals surface area (Å²) in [6.45, 7) is 9.56. The fourth-order valence-electron chi connectivity index (χ4n) is 3.60. The predicted octanol–water partition coefficient (Wildman–Crippen LogP) is 4.06. The number of carbonyl (C=O) groups excluding carboxylic acids is 1. The van der Waals surface area contributed by atoms with Crippen LogP contribution >= 0.6 is 0 Å². The topological polar surface area (TPSA) is 49.3 Å². The Morgan fingerprint density at radius 3 is 2.52 bits per heavy atom. The summed E-state index contributed by atoms with van der Waals surface area (Å²) in [6.07, 6.45) is 3.43. The van der Waals surface area contributed by atoms with Crippen LogP contribution in [0, 0.1) is 0 Å². The highest BCUT2D eigenvalue weighted by molar-refractivity contribution is 5.77. The Labute approximate surface area is 162 Å². The largest absolute Gasteiger partial charge is 0.357 e. The molecule has 2 aromatic rings. The number of hydrogen-bond acceptors (Lipinski definition) is 4. The molecule has 1 amide bonds. The molecule has 27 heavy (non-hydrogen) atoms. The molecule has 0 spiro atoms. The number of anilines is 1. The first-order chi connectivity index (χ1) is 13.2. The van der Waals surface area contributed by atoms with Gasteiger partial charge in [0, 0.05) is 43.6 Å². The Kier molecular flexibility index (Phi) is 6.43. The number of carbonyl (C=O) groups is 1. The van der Waals surface area contributed by atoms with Crippen LogP contribution in [-0.4, -0.2) is 40.4 Å². The Hall–Kier alpha value is -2.43. The first-order valence-corrected chi connectivity index (χ1v) is 10.2. The number of amides is 1. The maximum absolute atomic E-state index is 12.5. The first kappa shape index (κ1) is 19.3. The Morgan fingerprint density at radius 1 is 1.11 bits per heavy atom. The zero-order valence-electron chi connectivity index (χ0n) is 16.7. The third kappa shape index (κ3) is 4.29. The molecule has 0 saturated carbocycles. The van der Waals surface area contributed by atoms with E-state index in [1.54, 1.807) is 0 Å². The smallest absolute Gasteiger partial charge is 0.222 e. The number of fused-ring (bicyclic) bond motifs is 1. The summed E-state index contributed by atoms with van der Waals surface area (Å²) < 4.78 is 0. The van der Waals surface area contributed by atoms with Crippen LogP contribution in [-0.2, 0) is 17.8 Å². The molecule has 5 heteroatoms. The summed E-state index contributed by atoms with van der Waals surface area (Å²) in [7, 11) is 0. The van der Waals surface area contributed by atoms with E-state index in [-0.39, 0.29) is 5.91 Å². The summed E-state index contributed by atoms with van der Waals surface area (Å²) in [4.78, 5) is 26.6. The molecule has 0 bridgehead atoms. The number of hydrogen-bond donors (Lipinski definition) is 0. The average Bonchev–Trinajstić information content (AvgIpc) is 2.73. The normalized spacial score (nSPS) is 13.4. The van der Waals surface area contributed by atoms with E-state index in [0.717, 1.165) is 67.4 Å². The van der Waals surface area contributed by atoms with Gasteiger partial charge in [-0.1, -0.05) is 43.7 Å². The quantitative estimate of drug-likeness (QED) is 0.741. The number of unbranched alkanes of at least 4 members (excludes halogenated alkanes) is 1. The van der Waals surface area contributed by atoms with Crippen LogP contribution in [0.25, 0.3) is 11.4 Å². The highest BCUT2D eigenvalue weighted by Gasteiger charge is 2.27. The van der Waals surface area contributed by atoms with Crippen molar-refractivity contribution in [3.05, 3.63) is 41.6 Å². The predicted molar refractivity (Wildman–Crippen MR) is 110 cm³/mol. The summed E-state index contributed by atoms with van der Waals surface area (Å²) in [6, 6.07) is 10.1. The van der Waals surface area contributed by atoms with Crippen molar-refractivity contribution >= 4 is 11.7 Å². The second-order valence-electron chi connectivity index (χ2n) is 7.00. The highest BCUT2D eigenvalue weighted by Crippen LogP contribution is 2.30. The van der Waals surface area contributed by atoms with Crippen LogP contribution < -0.4 is 4.90 Å². The van der Waals surface area contributed by atoms with E-state index >= 15 is 0 Å². The van der Waals surface area contributed by atoms with Crippen LogP contribution in [0.15, 0.2) is 30.3 Å². The molecule has 144 valence electrons.